The van der Waals surface area contributed by atoms with Gasteiger partial charge in [0.1, 0.15) is 11.8 Å². The van der Waals surface area contributed by atoms with Crippen molar-refractivity contribution in [2.45, 2.75) is 65.1 Å². The fourth-order valence-corrected chi connectivity index (χ4v) is 4.23. The molecule has 2 aromatic rings. The van der Waals surface area contributed by atoms with E-state index in [-0.39, 0.29) is 31.0 Å². The molecular formula is C25H30Cl2N2O3. The number of rotatable bonds is 8. The topological polar surface area (TPSA) is 58.6 Å². The molecule has 172 valence electrons. The zero-order valence-corrected chi connectivity index (χ0v) is 20.3. The Bertz CT molecular complexity index is 974. The standard InChI is InChI=1S/C25H30Cl2N2O3/c1-16-7-6-10-23(17(16)2)32-15-24(30)29(14-19-11-12-21(26)22(27)13-19)18(3)25(31)28-20-8-4-5-9-20/h6-7,10-13,18,20H,4-5,8-9,14-15H2,1-3H3,(H,28,31)/t18-/m0/s1. The molecule has 0 unspecified atom stereocenters. The molecule has 1 saturated carbocycles. The molecular weight excluding hydrogens is 447 g/mol. The predicted octanol–water partition coefficient (Wildman–Crippen LogP) is 5.47. The van der Waals surface area contributed by atoms with Crippen molar-refractivity contribution in [2.75, 3.05) is 6.61 Å². The van der Waals surface area contributed by atoms with Crippen molar-refractivity contribution in [1.82, 2.24) is 10.2 Å². The van der Waals surface area contributed by atoms with Crippen LogP contribution in [0.15, 0.2) is 36.4 Å². The van der Waals surface area contributed by atoms with Gasteiger partial charge in [-0.15, -0.1) is 0 Å². The first-order chi connectivity index (χ1) is 15.3. The van der Waals surface area contributed by atoms with E-state index in [2.05, 4.69) is 5.32 Å². The van der Waals surface area contributed by atoms with E-state index in [4.69, 9.17) is 27.9 Å². The van der Waals surface area contributed by atoms with E-state index in [1.54, 1.807) is 19.1 Å². The third-order valence-electron chi connectivity index (χ3n) is 6.11. The van der Waals surface area contributed by atoms with Gasteiger partial charge < -0.3 is 15.0 Å². The third-order valence-corrected chi connectivity index (χ3v) is 6.85. The van der Waals surface area contributed by atoms with Crippen LogP contribution in [-0.4, -0.2) is 35.4 Å². The van der Waals surface area contributed by atoms with Crippen molar-refractivity contribution in [3.05, 3.63) is 63.1 Å². The number of ether oxygens (including phenoxy) is 1. The lowest BCUT2D eigenvalue weighted by atomic mass is 10.1. The smallest absolute Gasteiger partial charge is 0.261 e. The molecule has 0 heterocycles. The number of amides is 2. The summed E-state index contributed by atoms with van der Waals surface area (Å²) in [5, 5.41) is 3.94. The second kappa shape index (κ2) is 11.1. The molecule has 0 aromatic heterocycles. The summed E-state index contributed by atoms with van der Waals surface area (Å²) in [6, 6.07) is 10.5. The van der Waals surface area contributed by atoms with Crippen molar-refractivity contribution in [2.24, 2.45) is 0 Å². The van der Waals surface area contributed by atoms with Crippen molar-refractivity contribution < 1.29 is 14.3 Å². The monoisotopic (exact) mass is 476 g/mol. The normalized spacial score (nSPS) is 14.8. The van der Waals surface area contributed by atoms with Crippen LogP contribution in [0.5, 0.6) is 5.75 Å². The molecule has 1 atom stereocenters. The molecule has 0 radical (unpaired) electrons. The first-order valence-electron chi connectivity index (χ1n) is 11.0. The maximum Gasteiger partial charge on any atom is 0.261 e. The lowest BCUT2D eigenvalue weighted by molar-refractivity contribution is -0.142. The van der Waals surface area contributed by atoms with Crippen LogP contribution >= 0.6 is 23.2 Å². The summed E-state index contributed by atoms with van der Waals surface area (Å²) in [6.45, 7) is 5.77. The Balaban J connectivity index is 1.76. The SMILES string of the molecule is Cc1cccc(OCC(=O)N(Cc2ccc(Cl)c(Cl)c2)[C@@H](C)C(=O)NC2CCCC2)c1C. The number of benzene rings is 2. The van der Waals surface area contributed by atoms with Gasteiger partial charge in [-0.2, -0.15) is 0 Å². The van der Waals surface area contributed by atoms with Crippen LogP contribution in [-0.2, 0) is 16.1 Å². The largest absolute Gasteiger partial charge is 0.483 e. The van der Waals surface area contributed by atoms with Crippen LogP contribution in [0.1, 0.15) is 49.3 Å². The van der Waals surface area contributed by atoms with Gasteiger partial charge >= 0.3 is 0 Å². The minimum absolute atomic E-state index is 0.156. The van der Waals surface area contributed by atoms with Crippen LogP contribution in [0.4, 0.5) is 0 Å². The number of hydrogen-bond donors (Lipinski definition) is 1. The van der Waals surface area contributed by atoms with Gasteiger partial charge in [-0.3, -0.25) is 9.59 Å². The van der Waals surface area contributed by atoms with Crippen molar-refractivity contribution in [1.29, 1.82) is 0 Å². The second-order valence-corrected chi connectivity index (χ2v) is 9.24. The number of carbonyl (C=O) groups is 2. The Morgan fingerprint density at radius 3 is 2.53 bits per heavy atom. The van der Waals surface area contributed by atoms with Crippen LogP contribution in [0.25, 0.3) is 0 Å². The number of carbonyl (C=O) groups excluding carboxylic acids is 2. The number of halogens is 2. The van der Waals surface area contributed by atoms with Crippen molar-refractivity contribution in [3.63, 3.8) is 0 Å². The van der Waals surface area contributed by atoms with Crippen molar-refractivity contribution >= 4 is 35.0 Å². The predicted molar refractivity (Wildman–Crippen MR) is 128 cm³/mol. The molecule has 3 rings (SSSR count). The van der Waals surface area contributed by atoms with Gasteiger partial charge in [0.05, 0.1) is 10.0 Å². The molecule has 32 heavy (non-hydrogen) atoms. The molecule has 1 N–H and O–H groups in total. The molecule has 5 nitrogen and oxygen atoms in total. The summed E-state index contributed by atoms with van der Waals surface area (Å²) >= 11 is 12.2. The van der Waals surface area contributed by atoms with E-state index in [1.165, 1.54) is 4.90 Å². The lowest BCUT2D eigenvalue weighted by Gasteiger charge is -2.30. The maximum atomic E-state index is 13.2. The van der Waals surface area contributed by atoms with E-state index in [0.717, 1.165) is 42.4 Å². The summed E-state index contributed by atoms with van der Waals surface area (Å²) in [5.41, 5.74) is 2.87. The van der Waals surface area contributed by atoms with Gasteiger partial charge in [-0.25, -0.2) is 0 Å². The van der Waals surface area contributed by atoms with E-state index >= 15 is 0 Å². The Morgan fingerprint density at radius 2 is 1.84 bits per heavy atom. The first-order valence-corrected chi connectivity index (χ1v) is 11.7. The van der Waals surface area contributed by atoms with Gasteiger partial charge in [0.25, 0.3) is 5.91 Å². The van der Waals surface area contributed by atoms with Gasteiger partial charge in [0.15, 0.2) is 6.61 Å². The molecule has 1 aliphatic carbocycles. The highest BCUT2D eigenvalue weighted by Gasteiger charge is 2.29. The Morgan fingerprint density at radius 1 is 1.12 bits per heavy atom. The van der Waals surface area contributed by atoms with Gasteiger partial charge in [-0.05, 0) is 68.5 Å². The lowest BCUT2D eigenvalue weighted by Crippen LogP contribution is -2.50. The molecule has 0 saturated heterocycles. The first kappa shape index (κ1) is 24.4. The molecule has 7 heteroatoms. The number of hydrogen-bond acceptors (Lipinski definition) is 3. The average molecular weight is 477 g/mol. The van der Waals surface area contributed by atoms with E-state index < -0.39 is 6.04 Å². The molecule has 1 fully saturated rings. The zero-order chi connectivity index (χ0) is 23.3. The second-order valence-electron chi connectivity index (χ2n) is 8.42. The molecule has 0 bridgehead atoms. The van der Waals surface area contributed by atoms with Gasteiger partial charge in [0, 0.05) is 12.6 Å². The fraction of sp³-hybridized carbons (Fsp3) is 0.440. The Kier molecular flexibility index (Phi) is 8.44. The Hall–Kier alpha value is -2.24. The van der Waals surface area contributed by atoms with Gasteiger partial charge in [0.2, 0.25) is 5.91 Å². The van der Waals surface area contributed by atoms with E-state index in [0.29, 0.717) is 15.8 Å². The fourth-order valence-electron chi connectivity index (χ4n) is 3.91. The summed E-state index contributed by atoms with van der Waals surface area (Å²) < 4.78 is 5.83. The van der Waals surface area contributed by atoms with E-state index in [1.807, 2.05) is 38.1 Å². The van der Waals surface area contributed by atoms with Crippen LogP contribution < -0.4 is 10.1 Å². The van der Waals surface area contributed by atoms with Crippen LogP contribution in [0.2, 0.25) is 10.0 Å². The third kappa shape index (κ3) is 6.17. The molecule has 0 aliphatic heterocycles. The highest BCUT2D eigenvalue weighted by Crippen LogP contribution is 2.25. The number of nitrogens with one attached hydrogen (secondary N) is 1. The van der Waals surface area contributed by atoms with Crippen LogP contribution in [0, 0.1) is 13.8 Å². The Labute approximate surface area is 200 Å². The maximum absolute atomic E-state index is 13.2. The summed E-state index contributed by atoms with van der Waals surface area (Å²) in [7, 11) is 0. The zero-order valence-electron chi connectivity index (χ0n) is 18.8. The quantitative estimate of drug-likeness (QED) is 0.549. The summed E-state index contributed by atoms with van der Waals surface area (Å²) in [6.07, 6.45) is 4.20. The molecule has 0 spiro atoms. The molecule has 2 aromatic carbocycles. The summed E-state index contributed by atoms with van der Waals surface area (Å²) in [4.78, 5) is 27.7. The average Bonchev–Trinajstić information content (AvgIpc) is 3.27. The molecule has 1 aliphatic rings. The minimum Gasteiger partial charge on any atom is -0.483 e. The van der Waals surface area contributed by atoms with Crippen molar-refractivity contribution in [3.8, 4) is 5.75 Å². The minimum atomic E-state index is -0.653. The highest BCUT2D eigenvalue weighted by atomic mass is 35.5. The number of nitrogens with zero attached hydrogens (tertiary/aromatic N) is 1. The summed E-state index contributed by atoms with van der Waals surface area (Å²) in [5.74, 6) is 0.235. The van der Waals surface area contributed by atoms with Gasteiger partial charge in [-0.1, -0.05) is 54.2 Å². The molecule has 2 amide bonds. The van der Waals surface area contributed by atoms with Crippen LogP contribution in [0.3, 0.4) is 0 Å². The van der Waals surface area contributed by atoms with E-state index in [9.17, 15) is 9.59 Å². The number of aryl methyl sites for hydroxylation is 1. The highest BCUT2D eigenvalue weighted by molar-refractivity contribution is 6.42.